The predicted octanol–water partition coefficient (Wildman–Crippen LogP) is 2.33. The summed E-state index contributed by atoms with van der Waals surface area (Å²) in [4.78, 5) is 4.71. The van der Waals surface area contributed by atoms with Gasteiger partial charge in [-0.1, -0.05) is 18.6 Å². The van der Waals surface area contributed by atoms with Crippen LogP contribution in [-0.2, 0) is 6.54 Å². The highest BCUT2D eigenvalue weighted by molar-refractivity contribution is 5.45. The van der Waals surface area contributed by atoms with E-state index >= 15 is 0 Å². The van der Waals surface area contributed by atoms with Crippen LogP contribution in [0.15, 0.2) is 24.3 Å². The molecule has 1 fully saturated rings. The number of piperidine rings is 1. The Morgan fingerprint density at radius 3 is 2.37 bits per heavy atom. The summed E-state index contributed by atoms with van der Waals surface area (Å²) in [6, 6.07) is 8.79. The largest absolute Gasteiger partial charge is 0.378 e. The molecule has 3 heteroatoms. The Bertz CT molecular complexity index is 353. The average Bonchev–Trinajstić information content (AvgIpc) is 2.45. The summed E-state index contributed by atoms with van der Waals surface area (Å²) in [6.45, 7) is 5.84. The van der Waals surface area contributed by atoms with Gasteiger partial charge in [-0.25, -0.2) is 0 Å². The molecule has 0 radical (unpaired) electrons. The van der Waals surface area contributed by atoms with Crippen LogP contribution in [0.4, 0.5) is 5.69 Å². The van der Waals surface area contributed by atoms with Crippen LogP contribution in [0.1, 0.15) is 24.8 Å². The molecular weight excluding hydrogens is 234 g/mol. The molecule has 1 saturated heterocycles. The molecule has 0 aliphatic carbocycles. The molecule has 0 spiro atoms. The maximum absolute atomic E-state index is 3.54. The lowest BCUT2D eigenvalue weighted by atomic mass is 10.1. The molecule has 0 aromatic heterocycles. The smallest absolute Gasteiger partial charge is 0.0361 e. The zero-order valence-electron chi connectivity index (χ0n) is 12.4. The summed E-state index contributed by atoms with van der Waals surface area (Å²) in [5, 5.41) is 3.54. The Morgan fingerprint density at radius 2 is 1.74 bits per heavy atom. The van der Waals surface area contributed by atoms with Gasteiger partial charge in [-0.3, -0.25) is 0 Å². The number of likely N-dealkylation sites (tertiary alicyclic amines) is 1. The van der Waals surface area contributed by atoms with Gasteiger partial charge in [-0.15, -0.1) is 0 Å². The van der Waals surface area contributed by atoms with Crippen LogP contribution in [0.5, 0.6) is 0 Å². The molecule has 1 heterocycles. The van der Waals surface area contributed by atoms with E-state index < -0.39 is 0 Å². The number of hydrogen-bond donors (Lipinski definition) is 1. The Morgan fingerprint density at radius 1 is 1.05 bits per heavy atom. The fraction of sp³-hybridized carbons (Fsp3) is 0.625. The number of nitrogens with one attached hydrogen (secondary N) is 1. The summed E-state index contributed by atoms with van der Waals surface area (Å²) < 4.78 is 0. The second kappa shape index (κ2) is 7.51. The monoisotopic (exact) mass is 261 g/mol. The van der Waals surface area contributed by atoms with Gasteiger partial charge in [-0.05, 0) is 43.6 Å². The molecule has 0 saturated carbocycles. The number of hydrogen-bond acceptors (Lipinski definition) is 3. The van der Waals surface area contributed by atoms with Gasteiger partial charge in [-0.2, -0.15) is 0 Å². The third kappa shape index (κ3) is 4.84. The Labute approximate surface area is 117 Å². The first-order valence-electron chi connectivity index (χ1n) is 7.45. The fourth-order valence-corrected chi connectivity index (χ4v) is 2.56. The lowest BCUT2D eigenvalue weighted by molar-refractivity contribution is 0.229. The molecule has 1 aliphatic heterocycles. The summed E-state index contributed by atoms with van der Waals surface area (Å²) in [5.74, 6) is 0. The van der Waals surface area contributed by atoms with Crippen LogP contribution in [0.25, 0.3) is 0 Å². The van der Waals surface area contributed by atoms with Gasteiger partial charge in [0, 0.05) is 39.4 Å². The van der Waals surface area contributed by atoms with E-state index in [9.17, 15) is 0 Å². The number of anilines is 1. The minimum atomic E-state index is 0.974. The summed E-state index contributed by atoms with van der Waals surface area (Å²) in [5.41, 5.74) is 2.63. The van der Waals surface area contributed by atoms with Crippen LogP contribution in [-0.4, -0.2) is 45.2 Å². The quantitative estimate of drug-likeness (QED) is 0.793. The minimum Gasteiger partial charge on any atom is -0.378 e. The summed E-state index contributed by atoms with van der Waals surface area (Å²) in [6.07, 6.45) is 4.18. The molecular formula is C16H27N3. The van der Waals surface area contributed by atoms with Crippen molar-refractivity contribution in [3.05, 3.63) is 29.8 Å². The van der Waals surface area contributed by atoms with Crippen LogP contribution >= 0.6 is 0 Å². The SMILES string of the molecule is CN(C)c1ccc(CNCCN2CCCCC2)cc1. The van der Waals surface area contributed by atoms with Crippen molar-refractivity contribution in [2.45, 2.75) is 25.8 Å². The van der Waals surface area contributed by atoms with Gasteiger partial charge in [0.05, 0.1) is 0 Å². The first kappa shape index (κ1) is 14.4. The van der Waals surface area contributed by atoms with Crippen molar-refractivity contribution in [3.63, 3.8) is 0 Å². The van der Waals surface area contributed by atoms with Gasteiger partial charge in [0.25, 0.3) is 0 Å². The van der Waals surface area contributed by atoms with E-state index in [0.717, 1.165) is 13.1 Å². The standard InChI is InChI=1S/C16H27N3/c1-18(2)16-8-6-15(7-9-16)14-17-10-13-19-11-4-3-5-12-19/h6-9,17H,3-5,10-14H2,1-2H3. The van der Waals surface area contributed by atoms with Gasteiger partial charge in [0.15, 0.2) is 0 Å². The molecule has 1 N–H and O–H groups in total. The molecule has 0 unspecified atom stereocenters. The van der Waals surface area contributed by atoms with Gasteiger partial charge < -0.3 is 15.1 Å². The van der Waals surface area contributed by atoms with Crippen molar-refractivity contribution < 1.29 is 0 Å². The van der Waals surface area contributed by atoms with Crippen molar-refractivity contribution in [3.8, 4) is 0 Å². The molecule has 106 valence electrons. The maximum atomic E-state index is 3.54. The molecule has 0 bridgehead atoms. The predicted molar refractivity (Wildman–Crippen MR) is 82.8 cm³/mol. The van der Waals surface area contributed by atoms with Crippen LogP contribution < -0.4 is 10.2 Å². The minimum absolute atomic E-state index is 0.974. The summed E-state index contributed by atoms with van der Waals surface area (Å²) >= 11 is 0. The van der Waals surface area contributed by atoms with Crippen molar-refractivity contribution in [2.75, 3.05) is 45.2 Å². The number of rotatable bonds is 6. The third-order valence-electron chi connectivity index (χ3n) is 3.84. The molecule has 1 aliphatic rings. The van der Waals surface area contributed by atoms with E-state index in [1.807, 2.05) is 0 Å². The first-order chi connectivity index (χ1) is 9.25. The van der Waals surface area contributed by atoms with E-state index in [2.05, 4.69) is 53.5 Å². The molecule has 3 nitrogen and oxygen atoms in total. The Hall–Kier alpha value is -1.06. The average molecular weight is 261 g/mol. The van der Waals surface area contributed by atoms with Crippen LogP contribution in [0.2, 0.25) is 0 Å². The highest BCUT2D eigenvalue weighted by Crippen LogP contribution is 2.12. The fourth-order valence-electron chi connectivity index (χ4n) is 2.56. The molecule has 2 rings (SSSR count). The van der Waals surface area contributed by atoms with E-state index in [1.54, 1.807) is 0 Å². The van der Waals surface area contributed by atoms with Gasteiger partial charge >= 0.3 is 0 Å². The van der Waals surface area contributed by atoms with E-state index in [0.29, 0.717) is 0 Å². The molecule has 1 aromatic rings. The highest BCUT2D eigenvalue weighted by Gasteiger charge is 2.08. The van der Waals surface area contributed by atoms with E-state index in [-0.39, 0.29) is 0 Å². The van der Waals surface area contributed by atoms with E-state index in [4.69, 9.17) is 0 Å². The third-order valence-corrected chi connectivity index (χ3v) is 3.84. The second-order valence-corrected chi connectivity index (χ2v) is 5.64. The second-order valence-electron chi connectivity index (χ2n) is 5.64. The van der Waals surface area contributed by atoms with Crippen molar-refractivity contribution in [1.29, 1.82) is 0 Å². The molecule has 0 atom stereocenters. The summed E-state index contributed by atoms with van der Waals surface area (Å²) in [7, 11) is 4.15. The highest BCUT2D eigenvalue weighted by atomic mass is 15.1. The zero-order chi connectivity index (χ0) is 13.5. The van der Waals surface area contributed by atoms with Crippen molar-refractivity contribution >= 4 is 5.69 Å². The Kier molecular flexibility index (Phi) is 5.67. The van der Waals surface area contributed by atoms with Crippen molar-refractivity contribution in [2.24, 2.45) is 0 Å². The Balaban J connectivity index is 1.64. The molecule has 0 amide bonds. The normalized spacial score (nSPS) is 16.5. The number of benzene rings is 1. The van der Waals surface area contributed by atoms with Crippen molar-refractivity contribution in [1.82, 2.24) is 10.2 Å². The van der Waals surface area contributed by atoms with Crippen LogP contribution in [0.3, 0.4) is 0 Å². The van der Waals surface area contributed by atoms with Gasteiger partial charge in [0.1, 0.15) is 0 Å². The number of nitrogens with zero attached hydrogens (tertiary/aromatic N) is 2. The van der Waals surface area contributed by atoms with Gasteiger partial charge in [0.2, 0.25) is 0 Å². The molecule has 1 aromatic carbocycles. The van der Waals surface area contributed by atoms with E-state index in [1.165, 1.54) is 50.1 Å². The molecule has 19 heavy (non-hydrogen) atoms. The lowest BCUT2D eigenvalue weighted by Crippen LogP contribution is -2.35. The van der Waals surface area contributed by atoms with Crippen LogP contribution in [0, 0.1) is 0 Å². The first-order valence-corrected chi connectivity index (χ1v) is 7.45. The maximum Gasteiger partial charge on any atom is 0.0361 e. The lowest BCUT2D eigenvalue weighted by Gasteiger charge is -2.26. The topological polar surface area (TPSA) is 18.5 Å². The zero-order valence-corrected chi connectivity index (χ0v) is 12.4.